The van der Waals surface area contributed by atoms with Crippen molar-refractivity contribution in [3.05, 3.63) is 88.0 Å². The molecule has 1 heterocycles. The van der Waals surface area contributed by atoms with Gasteiger partial charge in [0.15, 0.2) is 0 Å². The third-order valence-electron chi connectivity index (χ3n) is 5.55. The van der Waals surface area contributed by atoms with Gasteiger partial charge in [-0.2, -0.15) is 0 Å². The zero-order valence-corrected chi connectivity index (χ0v) is 16.1. The molecule has 0 aliphatic carbocycles. The average Bonchev–Trinajstić information content (AvgIpc) is 2.63. The highest BCUT2D eigenvalue weighted by molar-refractivity contribution is 5.80. The van der Waals surface area contributed by atoms with E-state index in [1.807, 2.05) is 0 Å². The van der Waals surface area contributed by atoms with Crippen LogP contribution in [-0.2, 0) is 0 Å². The second-order valence-electron chi connectivity index (χ2n) is 7.26. The first-order chi connectivity index (χ1) is 12.5. The predicted molar refractivity (Wildman–Crippen MR) is 109 cm³/mol. The van der Waals surface area contributed by atoms with Gasteiger partial charge in [-0.05, 0) is 61.2 Å². The van der Waals surface area contributed by atoms with Gasteiger partial charge in [-0.25, -0.2) is 0 Å². The second kappa shape index (κ2) is 6.21. The first-order valence-corrected chi connectivity index (χ1v) is 9.10. The molecule has 1 aliphatic rings. The number of hydrogen-bond acceptors (Lipinski definition) is 2. The Morgan fingerprint density at radius 1 is 0.808 bits per heavy atom. The largest absolute Gasteiger partial charge is 0.496 e. The summed E-state index contributed by atoms with van der Waals surface area (Å²) in [6.07, 6.45) is 0. The molecule has 3 aromatic rings. The highest BCUT2D eigenvalue weighted by atomic mass is 16.5. The summed E-state index contributed by atoms with van der Waals surface area (Å²) in [6.45, 7) is 6.62. The molecule has 0 bridgehead atoms. The van der Waals surface area contributed by atoms with Crippen LogP contribution in [-0.4, -0.2) is 14.2 Å². The molecular weight excluding hydrogens is 318 g/mol. The van der Waals surface area contributed by atoms with Crippen molar-refractivity contribution in [2.45, 2.75) is 26.7 Å². The van der Waals surface area contributed by atoms with Crippen LogP contribution in [0, 0.1) is 20.8 Å². The summed E-state index contributed by atoms with van der Waals surface area (Å²) in [6, 6.07) is 19.6. The van der Waals surface area contributed by atoms with Gasteiger partial charge in [-0.15, -0.1) is 0 Å². The van der Waals surface area contributed by atoms with Crippen molar-refractivity contribution < 1.29 is 4.74 Å². The molecule has 26 heavy (non-hydrogen) atoms. The van der Waals surface area contributed by atoms with Crippen molar-refractivity contribution in [1.29, 1.82) is 0 Å². The summed E-state index contributed by atoms with van der Waals surface area (Å²) in [5.74, 6) is 1.13. The number of hydrogen-bond donors (Lipinski definition) is 0. The Hall–Kier alpha value is -2.74. The van der Waals surface area contributed by atoms with E-state index >= 15 is 0 Å². The number of benzene rings is 3. The standard InChI is InChI=1S/C24H25NO/c1-15-13-16(2)22(17(3)14-15)23-18-9-6-7-10-19(18)25(4)20-11-8-12-21(26-5)24(20)23/h6-14,23H,1-5H3. The van der Waals surface area contributed by atoms with Crippen LogP contribution < -0.4 is 9.64 Å². The van der Waals surface area contributed by atoms with Gasteiger partial charge in [-0.3, -0.25) is 0 Å². The van der Waals surface area contributed by atoms with Crippen LogP contribution in [0.25, 0.3) is 0 Å². The van der Waals surface area contributed by atoms with Gasteiger partial charge in [0.1, 0.15) is 5.75 Å². The lowest BCUT2D eigenvalue weighted by atomic mass is 9.76. The Kier molecular flexibility index (Phi) is 3.99. The molecular formula is C24H25NO. The molecule has 0 spiro atoms. The molecule has 0 aromatic heterocycles. The molecule has 0 fully saturated rings. The first-order valence-electron chi connectivity index (χ1n) is 9.10. The first kappa shape index (κ1) is 16.7. The fourth-order valence-corrected chi connectivity index (χ4v) is 4.56. The van der Waals surface area contributed by atoms with Crippen molar-refractivity contribution in [3.8, 4) is 5.75 Å². The maximum atomic E-state index is 5.80. The number of ether oxygens (including phenoxy) is 1. The summed E-state index contributed by atoms with van der Waals surface area (Å²) in [7, 11) is 3.91. The molecule has 1 unspecified atom stereocenters. The van der Waals surface area contributed by atoms with Gasteiger partial charge in [0.2, 0.25) is 0 Å². The van der Waals surface area contributed by atoms with Gasteiger partial charge in [0.05, 0.1) is 7.11 Å². The van der Waals surface area contributed by atoms with Crippen LogP contribution >= 0.6 is 0 Å². The minimum absolute atomic E-state index is 0.175. The molecule has 1 atom stereocenters. The van der Waals surface area contributed by atoms with Crippen molar-refractivity contribution in [3.63, 3.8) is 0 Å². The van der Waals surface area contributed by atoms with Gasteiger partial charge in [-0.1, -0.05) is 42.0 Å². The summed E-state index contributed by atoms with van der Waals surface area (Å²) in [5, 5.41) is 0. The third kappa shape index (κ3) is 2.40. The number of para-hydroxylation sites is 1. The molecule has 0 N–H and O–H groups in total. The van der Waals surface area contributed by atoms with Crippen LogP contribution in [0.5, 0.6) is 5.75 Å². The van der Waals surface area contributed by atoms with Crippen LogP contribution in [0.3, 0.4) is 0 Å². The van der Waals surface area contributed by atoms with Gasteiger partial charge >= 0.3 is 0 Å². The number of fused-ring (bicyclic) bond motifs is 2. The van der Waals surface area contributed by atoms with E-state index in [4.69, 9.17) is 4.74 Å². The van der Waals surface area contributed by atoms with Crippen molar-refractivity contribution in [2.75, 3.05) is 19.1 Å². The van der Waals surface area contributed by atoms with Crippen LogP contribution in [0.15, 0.2) is 54.6 Å². The van der Waals surface area contributed by atoms with E-state index in [0.29, 0.717) is 0 Å². The van der Waals surface area contributed by atoms with E-state index in [0.717, 1.165) is 5.75 Å². The zero-order chi connectivity index (χ0) is 18.4. The van der Waals surface area contributed by atoms with E-state index < -0.39 is 0 Å². The van der Waals surface area contributed by atoms with Crippen molar-refractivity contribution in [2.24, 2.45) is 0 Å². The number of aryl methyl sites for hydroxylation is 3. The Morgan fingerprint density at radius 3 is 2.15 bits per heavy atom. The smallest absolute Gasteiger partial charge is 0.125 e. The third-order valence-corrected chi connectivity index (χ3v) is 5.55. The molecule has 132 valence electrons. The fraction of sp³-hybridized carbons (Fsp3) is 0.250. The van der Waals surface area contributed by atoms with E-state index in [1.165, 1.54) is 44.8 Å². The predicted octanol–water partition coefficient (Wildman–Crippen LogP) is 5.88. The Labute approximate surface area is 156 Å². The molecule has 0 saturated heterocycles. The van der Waals surface area contributed by atoms with E-state index in [2.05, 4.69) is 87.3 Å². The summed E-state index contributed by atoms with van der Waals surface area (Å²) in [4.78, 5) is 2.28. The number of methoxy groups -OCH3 is 1. The Balaban J connectivity index is 2.09. The lowest BCUT2D eigenvalue weighted by molar-refractivity contribution is 0.409. The summed E-state index contributed by atoms with van der Waals surface area (Å²) in [5.41, 5.74) is 10.4. The number of anilines is 2. The lowest BCUT2D eigenvalue weighted by Crippen LogP contribution is -2.23. The SMILES string of the molecule is COc1cccc2c1C(c1c(C)cc(C)cc1C)c1ccccc1N2C. The van der Waals surface area contributed by atoms with Crippen LogP contribution in [0.2, 0.25) is 0 Å². The molecule has 2 heteroatoms. The number of rotatable bonds is 2. The van der Waals surface area contributed by atoms with Crippen LogP contribution in [0.4, 0.5) is 11.4 Å². The molecule has 0 radical (unpaired) electrons. The summed E-state index contributed by atoms with van der Waals surface area (Å²) >= 11 is 0. The minimum atomic E-state index is 0.175. The molecule has 0 saturated carbocycles. The molecule has 4 rings (SSSR count). The monoisotopic (exact) mass is 343 g/mol. The van der Waals surface area contributed by atoms with Crippen molar-refractivity contribution in [1.82, 2.24) is 0 Å². The highest BCUT2D eigenvalue weighted by Crippen LogP contribution is 2.52. The minimum Gasteiger partial charge on any atom is -0.496 e. The van der Waals surface area contributed by atoms with Gasteiger partial charge in [0, 0.05) is 29.9 Å². The maximum absolute atomic E-state index is 5.80. The Bertz CT molecular complexity index is 966. The fourth-order valence-electron chi connectivity index (χ4n) is 4.56. The lowest BCUT2D eigenvalue weighted by Gasteiger charge is -2.37. The quantitative estimate of drug-likeness (QED) is 0.576. The topological polar surface area (TPSA) is 12.5 Å². The molecule has 1 aliphatic heterocycles. The maximum Gasteiger partial charge on any atom is 0.125 e. The molecule has 2 nitrogen and oxygen atoms in total. The van der Waals surface area contributed by atoms with E-state index in [-0.39, 0.29) is 5.92 Å². The second-order valence-corrected chi connectivity index (χ2v) is 7.26. The van der Waals surface area contributed by atoms with Crippen molar-refractivity contribution >= 4 is 11.4 Å². The normalized spacial score (nSPS) is 15.4. The van der Waals surface area contributed by atoms with E-state index in [1.54, 1.807) is 7.11 Å². The van der Waals surface area contributed by atoms with Gasteiger partial charge < -0.3 is 9.64 Å². The van der Waals surface area contributed by atoms with Crippen LogP contribution in [0.1, 0.15) is 39.3 Å². The summed E-state index contributed by atoms with van der Waals surface area (Å²) < 4.78 is 5.80. The molecule has 0 amide bonds. The van der Waals surface area contributed by atoms with E-state index in [9.17, 15) is 0 Å². The highest BCUT2D eigenvalue weighted by Gasteiger charge is 2.33. The zero-order valence-electron chi connectivity index (χ0n) is 16.1. The average molecular weight is 343 g/mol. The molecule has 3 aromatic carbocycles. The van der Waals surface area contributed by atoms with Gasteiger partial charge in [0.25, 0.3) is 0 Å². The number of nitrogens with zero attached hydrogens (tertiary/aromatic N) is 1. The Morgan fingerprint density at radius 2 is 1.46 bits per heavy atom.